The van der Waals surface area contributed by atoms with Gasteiger partial charge in [-0.3, -0.25) is 14.6 Å². The molecule has 4 rings (SSSR count). The van der Waals surface area contributed by atoms with Crippen molar-refractivity contribution in [2.24, 2.45) is 0 Å². The highest BCUT2D eigenvalue weighted by Gasteiger charge is 2.24. The van der Waals surface area contributed by atoms with Crippen LogP contribution in [0.2, 0.25) is 5.02 Å². The van der Waals surface area contributed by atoms with Crippen LogP contribution in [-0.2, 0) is 4.79 Å². The summed E-state index contributed by atoms with van der Waals surface area (Å²) in [6, 6.07) is 7.90. The lowest BCUT2D eigenvalue weighted by Gasteiger charge is -2.34. The molecule has 0 bridgehead atoms. The first-order valence-corrected chi connectivity index (χ1v) is 10.0. The zero-order valence-corrected chi connectivity index (χ0v) is 16.5. The molecule has 1 aliphatic heterocycles. The minimum Gasteiger partial charge on any atom is -0.336 e. The van der Waals surface area contributed by atoms with Gasteiger partial charge in [-0.1, -0.05) is 29.8 Å². The van der Waals surface area contributed by atoms with Gasteiger partial charge >= 0.3 is 0 Å². The van der Waals surface area contributed by atoms with Crippen molar-refractivity contribution in [2.75, 3.05) is 26.2 Å². The van der Waals surface area contributed by atoms with E-state index in [9.17, 15) is 9.59 Å². The van der Waals surface area contributed by atoms with Gasteiger partial charge in [-0.25, -0.2) is 4.98 Å². The number of hydrogen-bond acceptors (Lipinski definition) is 5. The smallest absolute Gasteiger partial charge is 0.274 e. The molecule has 28 heavy (non-hydrogen) atoms. The third-order valence-electron chi connectivity index (χ3n) is 4.60. The molecule has 2 aromatic heterocycles. The fourth-order valence-corrected chi connectivity index (χ4v) is 4.49. The number of carbonyl (C=O) groups excluding carboxylic acids is 2. The van der Waals surface area contributed by atoms with Crippen molar-refractivity contribution in [2.45, 2.75) is 0 Å². The molecule has 0 unspecified atom stereocenters. The molecular weight excluding hydrogens is 396 g/mol. The first-order valence-electron chi connectivity index (χ1n) is 8.83. The SMILES string of the molecule is O=C(/C=C/c1sc2ccccc2c1Cl)N1CCN(C(=O)c2cnccn2)CC1. The summed E-state index contributed by atoms with van der Waals surface area (Å²) >= 11 is 7.98. The number of rotatable bonds is 3. The molecule has 142 valence electrons. The minimum absolute atomic E-state index is 0.0832. The first kappa shape index (κ1) is 18.6. The van der Waals surface area contributed by atoms with Crippen molar-refractivity contribution in [1.82, 2.24) is 19.8 Å². The predicted octanol–water partition coefficient (Wildman–Crippen LogP) is 3.34. The number of halogens is 1. The molecule has 3 heterocycles. The van der Waals surface area contributed by atoms with E-state index in [4.69, 9.17) is 11.6 Å². The first-order chi connectivity index (χ1) is 13.6. The van der Waals surface area contributed by atoms with Gasteiger partial charge in [-0.2, -0.15) is 0 Å². The van der Waals surface area contributed by atoms with Crippen LogP contribution in [0.15, 0.2) is 48.9 Å². The highest BCUT2D eigenvalue weighted by Crippen LogP contribution is 2.35. The van der Waals surface area contributed by atoms with Crippen molar-refractivity contribution >= 4 is 50.9 Å². The lowest BCUT2D eigenvalue weighted by Crippen LogP contribution is -2.50. The number of hydrogen-bond donors (Lipinski definition) is 0. The van der Waals surface area contributed by atoms with Crippen LogP contribution in [0.5, 0.6) is 0 Å². The van der Waals surface area contributed by atoms with Crippen molar-refractivity contribution < 1.29 is 9.59 Å². The normalized spacial score (nSPS) is 14.8. The van der Waals surface area contributed by atoms with E-state index < -0.39 is 0 Å². The standard InChI is InChI=1S/C20H17ClN4O2S/c21-19-14-3-1-2-4-16(14)28-17(19)5-6-18(26)24-9-11-25(12-10-24)20(27)15-13-22-7-8-23-15/h1-8,13H,9-12H2/b6-5+. The summed E-state index contributed by atoms with van der Waals surface area (Å²) in [5.74, 6) is -0.243. The molecule has 3 aromatic rings. The van der Waals surface area contributed by atoms with Crippen molar-refractivity contribution in [3.8, 4) is 0 Å². The average Bonchev–Trinajstić information content (AvgIpc) is 3.08. The van der Waals surface area contributed by atoms with Gasteiger partial charge in [0, 0.05) is 59.6 Å². The molecule has 0 spiro atoms. The van der Waals surface area contributed by atoms with Crippen molar-refractivity contribution in [3.63, 3.8) is 0 Å². The number of carbonyl (C=O) groups is 2. The Kier molecular flexibility index (Phi) is 5.36. The molecule has 1 aromatic carbocycles. The molecule has 6 nitrogen and oxygen atoms in total. The van der Waals surface area contributed by atoms with Gasteiger partial charge < -0.3 is 9.80 Å². The van der Waals surface area contributed by atoms with E-state index in [1.807, 2.05) is 24.3 Å². The van der Waals surface area contributed by atoms with Crippen LogP contribution in [0.25, 0.3) is 16.2 Å². The number of benzene rings is 1. The van der Waals surface area contributed by atoms with Gasteiger partial charge in [0.15, 0.2) is 0 Å². The summed E-state index contributed by atoms with van der Waals surface area (Å²) in [6.45, 7) is 1.90. The zero-order chi connectivity index (χ0) is 19.5. The maximum atomic E-state index is 12.5. The van der Waals surface area contributed by atoms with Crippen LogP contribution >= 0.6 is 22.9 Å². The average molecular weight is 413 g/mol. The molecule has 2 amide bonds. The Bertz CT molecular complexity index is 1040. The highest BCUT2D eigenvalue weighted by molar-refractivity contribution is 7.20. The number of thiophene rings is 1. The van der Waals surface area contributed by atoms with E-state index in [0.29, 0.717) is 36.9 Å². The number of piperazine rings is 1. The minimum atomic E-state index is -0.159. The van der Waals surface area contributed by atoms with Gasteiger partial charge in [-0.05, 0) is 12.1 Å². The number of nitrogens with zero attached hydrogens (tertiary/aromatic N) is 4. The summed E-state index contributed by atoms with van der Waals surface area (Å²) in [5, 5.41) is 1.67. The fraction of sp³-hybridized carbons (Fsp3) is 0.200. The Labute approximate surface area is 171 Å². The lowest BCUT2D eigenvalue weighted by molar-refractivity contribution is -0.127. The summed E-state index contributed by atoms with van der Waals surface area (Å²) in [5.41, 5.74) is 0.321. The molecule has 8 heteroatoms. The van der Waals surface area contributed by atoms with Crippen molar-refractivity contribution in [3.05, 3.63) is 64.5 Å². The Hall–Kier alpha value is -2.77. The van der Waals surface area contributed by atoms with Gasteiger partial charge in [0.25, 0.3) is 5.91 Å². The second kappa shape index (κ2) is 8.08. The van der Waals surface area contributed by atoms with E-state index in [1.165, 1.54) is 18.6 Å². The summed E-state index contributed by atoms with van der Waals surface area (Å²) in [7, 11) is 0. The van der Waals surface area contributed by atoms with Crippen LogP contribution < -0.4 is 0 Å². The maximum absolute atomic E-state index is 12.5. The van der Waals surface area contributed by atoms with Crippen LogP contribution in [-0.4, -0.2) is 57.8 Å². The van der Waals surface area contributed by atoms with Gasteiger partial charge in [0.05, 0.1) is 11.2 Å². The molecule has 0 aliphatic carbocycles. The lowest BCUT2D eigenvalue weighted by atomic mass is 10.2. The van der Waals surface area contributed by atoms with E-state index in [0.717, 1.165) is 15.0 Å². The topological polar surface area (TPSA) is 66.4 Å². The second-order valence-electron chi connectivity index (χ2n) is 6.32. The van der Waals surface area contributed by atoms with Crippen LogP contribution in [0.1, 0.15) is 15.4 Å². The summed E-state index contributed by atoms with van der Waals surface area (Å²) in [4.78, 5) is 37.2. The third kappa shape index (κ3) is 3.76. The maximum Gasteiger partial charge on any atom is 0.274 e. The largest absolute Gasteiger partial charge is 0.336 e. The monoisotopic (exact) mass is 412 g/mol. The molecule has 0 saturated carbocycles. The van der Waals surface area contributed by atoms with E-state index >= 15 is 0 Å². The number of fused-ring (bicyclic) bond motifs is 1. The van der Waals surface area contributed by atoms with E-state index in [-0.39, 0.29) is 11.8 Å². The number of aromatic nitrogens is 2. The van der Waals surface area contributed by atoms with Gasteiger partial charge in [0.1, 0.15) is 5.69 Å². The molecule has 0 radical (unpaired) electrons. The van der Waals surface area contributed by atoms with Crippen LogP contribution in [0, 0.1) is 0 Å². The molecule has 0 atom stereocenters. The number of amides is 2. The van der Waals surface area contributed by atoms with Crippen LogP contribution in [0.4, 0.5) is 0 Å². The van der Waals surface area contributed by atoms with Crippen LogP contribution in [0.3, 0.4) is 0 Å². The molecule has 1 saturated heterocycles. The van der Waals surface area contributed by atoms with Gasteiger partial charge in [0.2, 0.25) is 5.91 Å². The Morgan fingerprint density at radius 1 is 1.07 bits per heavy atom. The predicted molar refractivity (Wildman–Crippen MR) is 110 cm³/mol. The second-order valence-corrected chi connectivity index (χ2v) is 7.78. The molecule has 1 aliphatic rings. The highest BCUT2D eigenvalue weighted by atomic mass is 35.5. The Morgan fingerprint density at radius 3 is 2.54 bits per heavy atom. The quantitative estimate of drug-likeness (QED) is 0.619. The Balaban J connectivity index is 1.38. The molecular formula is C20H17ClN4O2S. The fourth-order valence-electron chi connectivity index (χ4n) is 3.09. The molecule has 1 fully saturated rings. The summed E-state index contributed by atoms with van der Waals surface area (Å²) in [6.07, 6.45) is 7.81. The Morgan fingerprint density at radius 2 is 1.82 bits per heavy atom. The van der Waals surface area contributed by atoms with E-state index in [1.54, 1.807) is 33.3 Å². The van der Waals surface area contributed by atoms with Gasteiger partial charge in [-0.15, -0.1) is 11.3 Å². The third-order valence-corrected chi connectivity index (χ3v) is 6.25. The molecule has 0 N–H and O–H groups in total. The van der Waals surface area contributed by atoms with Crippen molar-refractivity contribution in [1.29, 1.82) is 0 Å². The van der Waals surface area contributed by atoms with E-state index in [2.05, 4.69) is 9.97 Å². The zero-order valence-electron chi connectivity index (χ0n) is 14.9. The summed E-state index contributed by atoms with van der Waals surface area (Å²) < 4.78 is 1.09.